The molecule has 194 valence electrons. The van der Waals surface area contributed by atoms with Gasteiger partial charge in [0.2, 0.25) is 0 Å². The van der Waals surface area contributed by atoms with E-state index in [-0.39, 0.29) is 43.6 Å². The van der Waals surface area contributed by atoms with Gasteiger partial charge in [0.1, 0.15) is 12.4 Å². The second-order valence-electron chi connectivity index (χ2n) is 8.19. The minimum absolute atomic E-state index is 0.0514. The number of nitro groups is 1. The summed E-state index contributed by atoms with van der Waals surface area (Å²) in [5.74, 6) is -0.125. The monoisotopic (exact) mass is 506 g/mol. The number of nitro benzene ring substituents is 1. The van der Waals surface area contributed by atoms with Gasteiger partial charge in [-0.25, -0.2) is 0 Å². The molecule has 9 heteroatoms. The number of methoxy groups -OCH3 is 1. The highest BCUT2D eigenvalue weighted by Crippen LogP contribution is 2.35. The summed E-state index contributed by atoms with van der Waals surface area (Å²) in [6, 6.07) is 19.3. The van der Waals surface area contributed by atoms with Gasteiger partial charge in [0.25, 0.3) is 5.69 Å². The van der Waals surface area contributed by atoms with E-state index in [0.717, 1.165) is 11.1 Å². The summed E-state index contributed by atoms with van der Waals surface area (Å²) >= 11 is 0. The third-order valence-electron chi connectivity index (χ3n) is 5.57. The van der Waals surface area contributed by atoms with Crippen molar-refractivity contribution >= 4 is 17.6 Å². The molecule has 0 radical (unpaired) electrons. The van der Waals surface area contributed by atoms with Crippen molar-refractivity contribution in [3.63, 3.8) is 0 Å². The van der Waals surface area contributed by atoms with Crippen molar-refractivity contribution < 1.29 is 28.7 Å². The fourth-order valence-electron chi connectivity index (χ4n) is 3.78. The second kappa shape index (κ2) is 13.7. The minimum Gasteiger partial charge on any atom is -0.496 e. The SMILES string of the molecule is CCOC(=O)Cc1ccc(OC)c(-c2ccc([N+](=O)[O-])cc2CNCCC(=O)OCc2ccccc2)c1. The van der Waals surface area contributed by atoms with Crippen molar-refractivity contribution in [2.45, 2.75) is 32.9 Å². The van der Waals surface area contributed by atoms with Gasteiger partial charge in [-0.1, -0.05) is 36.4 Å². The summed E-state index contributed by atoms with van der Waals surface area (Å²) in [6.45, 7) is 2.84. The van der Waals surface area contributed by atoms with Crippen LogP contribution >= 0.6 is 0 Å². The van der Waals surface area contributed by atoms with Crippen molar-refractivity contribution in [2.75, 3.05) is 20.3 Å². The Balaban J connectivity index is 1.73. The molecule has 0 fully saturated rings. The van der Waals surface area contributed by atoms with Gasteiger partial charge in [-0.05, 0) is 47.4 Å². The Hall–Kier alpha value is -4.24. The van der Waals surface area contributed by atoms with Gasteiger partial charge in [-0.15, -0.1) is 0 Å². The summed E-state index contributed by atoms with van der Waals surface area (Å²) in [7, 11) is 1.54. The van der Waals surface area contributed by atoms with Crippen LogP contribution < -0.4 is 10.1 Å². The summed E-state index contributed by atoms with van der Waals surface area (Å²) < 4.78 is 15.9. The highest BCUT2D eigenvalue weighted by molar-refractivity contribution is 5.78. The number of nitrogens with zero attached hydrogens (tertiary/aromatic N) is 1. The molecule has 1 N–H and O–H groups in total. The molecule has 3 aromatic carbocycles. The minimum atomic E-state index is -0.456. The van der Waals surface area contributed by atoms with E-state index in [4.69, 9.17) is 14.2 Å². The number of nitrogens with one attached hydrogen (secondary N) is 1. The zero-order valence-electron chi connectivity index (χ0n) is 20.9. The maximum absolute atomic E-state index is 12.1. The summed E-state index contributed by atoms with van der Waals surface area (Å²) in [6.07, 6.45) is 0.242. The Morgan fingerprint density at radius 1 is 0.919 bits per heavy atom. The predicted octanol–water partition coefficient (Wildman–Crippen LogP) is 4.60. The second-order valence-corrected chi connectivity index (χ2v) is 8.19. The van der Waals surface area contributed by atoms with E-state index in [1.807, 2.05) is 36.4 Å². The van der Waals surface area contributed by atoms with Crippen molar-refractivity contribution in [3.8, 4) is 16.9 Å². The van der Waals surface area contributed by atoms with Crippen molar-refractivity contribution in [2.24, 2.45) is 0 Å². The first-order valence-corrected chi connectivity index (χ1v) is 11.9. The third-order valence-corrected chi connectivity index (χ3v) is 5.57. The fraction of sp³-hybridized carbons (Fsp3) is 0.286. The average Bonchev–Trinajstić information content (AvgIpc) is 2.90. The van der Waals surface area contributed by atoms with Gasteiger partial charge in [0, 0.05) is 30.8 Å². The Morgan fingerprint density at radius 3 is 2.41 bits per heavy atom. The molecule has 0 unspecified atom stereocenters. The number of ether oxygens (including phenoxy) is 3. The van der Waals surface area contributed by atoms with Crippen LogP contribution in [-0.2, 0) is 38.6 Å². The summed E-state index contributed by atoms with van der Waals surface area (Å²) in [5.41, 5.74) is 3.64. The van der Waals surface area contributed by atoms with Gasteiger partial charge in [-0.2, -0.15) is 0 Å². The Kier molecular flexibility index (Phi) is 10.2. The van der Waals surface area contributed by atoms with Crippen LogP contribution in [0, 0.1) is 10.1 Å². The first-order chi connectivity index (χ1) is 17.9. The normalized spacial score (nSPS) is 10.5. The van der Waals surface area contributed by atoms with E-state index in [2.05, 4.69) is 5.32 Å². The molecule has 0 amide bonds. The number of esters is 2. The van der Waals surface area contributed by atoms with Gasteiger partial charge < -0.3 is 19.5 Å². The smallest absolute Gasteiger partial charge is 0.310 e. The van der Waals surface area contributed by atoms with Crippen molar-refractivity contribution in [1.82, 2.24) is 5.32 Å². The zero-order chi connectivity index (χ0) is 26.6. The Morgan fingerprint density at radius 2 is 1.70 bits per heavy atom. The number of hydrogen-bond donors (Lipinski definition) is 1. The molecule has 0 saturated heterocycles. The Bertz CT molecular complexity index is 1230. The van der Waals surface area contributed by atoms with Crippen LogP contribution in [0.3, 0.4) is 0 Å². The van der Waals surface area contributed by atoms with E-state index in [0.29, 0.717) is 35.6 Å². The molecule has 0 aromatic heterocycles. The lowest BCUT2D eigenvalue weighted by atomic mass is 9.95. The lowest BCUT2D eigenvalue weighted by Gasteiger charge is -2.15. The van der Waals surface area contributed by atoms with Crippen LogP contribution in [0.1, 0.15) is 30.0 Å². The van der Waals surface area contributed by atoms with Crippen LogP contribution in [0.4, 0.5) is 5.69 Å². The molecular formula is C28H30N2O7. The Labute approximate surface area is 215 Å². The van der Waals surface area contributed by atoms with Crippen molar-refractivity contribution in [1.29, 1.82) is 0 Å². The highest BCUT2D eigenvalue weighted by atomic mass is 16.6. The van der Waals surface area contributed by atoms with Crippen LogP contribution in [0.5, 0.6) is 5.75 Å². The fourth-order valence-corrected chi connectivity index (χ4v) is 3.78. The first-order valence-electron chi connectivity index (χ1n) is 11.9. The molecule has 0 aliphatic rings. The molecule has 9 nitrogen and oxygen atoms in total. The maximum Gasteiger partial charge on any atom is 0.310 e. The van der Waals surface area contributed by atoms with Crippen LogP contribution in [-0.4, -0.2) is 37.1 Å². The standard InChI is InChI=1S/C28H30N2O7/c1-3-36-28(32)16-21-9-12-26(35-2)25(15-21)24-11-10-23(30(33)34)17-22(24)18-29-14-13-27(31)37-19-20-7-5-4-6-8-20/h4-12,15,17,29H,3,13-14,16,18-19H2,1-2H3. The molecule has 0 spiro atoms. The predicted molar refractivity (Wildman–Crippen MR) is 138 cm³/mol. The van der Waals surface area contributed by atoms with E-state index in [1.54, 1.807) is 25.1 Å². The molecule has 0 aliphatic heterocycles. The van der Waals surface area contributed by atoms with E-state index < -0.39 is 4.92 Å². The molecule has 3 rings (SSSR count). The number of non-ortho nitro benzene ring substituents is 1. The van der Waals surface area contributed by atoms with Crippen LogP contribution in [0.2, 0.25) is 0 Å². The van der Waals surface area contributed by atoms with Gasteiger partial charge in [0.15, 0.2) is 0 Å². The number of carbonyl (C=O) groups is 2. The largest absolute Gasteiger partial charge is 0.496 e. The molecule has 0 atom stereocenters. The number of carbonyl (C=O) groups excluding carboxylic acids is 2. The molecule has 3 aromatic rings. The molecule has 0 saturated carbocycles. The highest BCUT2D eigenvalue weighted by Gasteiger charge is 2.17. The van der Waals surface area contributed by atoms with Crippen LogP contribution in [0.15, 0.2) is 66.7 Å². The topological polar surface area (TPSA) is 117 Å². The quantitative estimate of drug-likeness (QED) is 0.155. The lowest BCUT2D eigenvalue weighted by Crippen LogP contribution is -2.19. The van der Waals surface area contributed by atoms with E-state index in [9.17, 15) is 19.7 Å². The number of rotatable bonds is 13. The summed E-state index contributed by atoms with van der Waals surface area (Å²) in [4.78, 5) is 35.1. The van der Waals surface area contributed by atoms with Gasteiger partial charge >= 0.3 is 11.9 Å². The van der Waals surface area contributed by atoms with E-state index in [1.165, 1.54) is 19.2 Å². The van der Waals surface area contributed by atoms with Gasteiger partial charge in [0.05, 0.1) is 31.5 Å². The zero-order valence-corrected chi connectivity index (χ0v) is 20.9. The average molecular weight is 507 g/mol. The van der Waals surface area contributed by atoms with Crippen LogP contribution in [0.25, 0.3) is 11.1 Å². The molecule has 0 heterocycles. The lowest BCUT2D eigenvalue weighted by molar-refractivity contribution is -0.384. The van der Waals surface area contributed by atoms with E-state index >= 15 is 0 Å². The molecular weight excluding hydrogens is 476 g/mol. The number of benzene rings is 3. The van der Waals surface area contributed by atoms with Crippen molar-refractivity contribution in [3.05, 3.63) is 93.5 Å². The summed E-state index contributed by atoms with van der Waals surface area (Å²) in [5, 5.41) is 14.6. The molecule has 37 heavy (non-hydrogen) atoms. The number of hydrogen-bond acceptors (Lipinski definition) is 8. The third kappa shape index (κ3) is 8.15. The molecule has 0 bridgehead atoms. The maximum atomic E-state index is 12.1. The first kappa shape index (κ1) is 27.3. The van der Waals surface area contributed by atoms with Gasteiger partial charge in [-0.3, -0.25) is 19.7 Å². The molecule has 0 aliphatic carbocycles.